The van der Waals surface area contributed by atoms with E-state index in [2.05, 4.69) is 24.5 Å². The van der Waals surface area contributed by atoms with E-state index in [0.717, 1.165) is 17.1 Å². The lowest BCUT2D eigenvalue weighted by Gasteiger charge is -2.35. The lowest BCUT2D eigenvalue weighted by Crippen LogP contribution is -2.35. The van der Waals surface area contributed by atoms with Gasteiger partial charge in [-0.15, -0.1) is 0 Å². The van der Waals surface area contributed by atoms with Crippen molar-refractivity contribution in [2.24, 2.45) is 5.41 Å². The molecule has 0 bridgehead atoms. The summed E-state index contributed by atoms with van der Waals surface area (Å²) >= 11 is 2.02. The van der Waals surface area contributed by atoms with Crippen LogP contribution in [0.2, 0.25) is 0 Å². The van der Waals surface area contributed by atoms with E-state index in [0.29, 0.717) is 17.9 Å². The molecule has 0 radical (unpaired) electrons. The minimum Gasteiger partial charge on any atom is -0.381 e. The van der Waals surface area contributed by atoms with Gasteiger partial charge in [0.05, 0.1) is 0 Å². The lowest BCUT2D eigenvalue weighted by atomic mass is 9.88. The minimum absolute atomic E-state index is 0.0520. The summed E-state index contributed by atoms with van der Waals surface area (Å²) in [4.78, 5) is 11.3. The Bertz CT molecular complexity index is 456. The number of nitrogens with one attached hydrogen (secondary N) is 2. The molecule has 0 spiro atoms. The third-order valence-corrected chi connectivity index (χ3v) is 5.10. The van der Waals surface area contributed by atoms with Crippen LogP contribution >= 0.6 is 11.8 Å². The van der Waals surface area contributed by atoms with E-state index in [-0.39, 0.29) is 5.91 Å². The Balaban J connectivity index is 1.92. The summed E-state index contributed by atoms with van der Waals surface area (Å²) in [5, 5.41) is 6.46. The van der Waals surface area contributed by atoms with Crippen molar-refractivity contribution in [3.05, 3.63) is 24.3 Å². The van der Waals surface area contributed by atoms with Crippen molar-refractivity contribution in [2.75, 3.05) is 22.1 Å². The highest BCUT2D eigenvalue weighted by Gasteiger charge is 2.28. The van der Waals surface area contributed by atoms with Crippen LogP contribution < -0.4 is 10.6 Å². The number of carbonyl (C=O) groups is 1. The highest BCUT2D eigenvalue weighted by atomic mass is 32.2. The average Bonchev–Trinajstić information content (AvgIpc) is 2.40. The summed E-state index contributed by atoms with van der Waals surface area (Å²) in [6.45, 7) is 6.52. The van der Waals surface area contributed by atoms with E-state index in [1.807, 2.05) is 43.0 Å². The summed E-state index contributed by atoms with van der Waals surface area (Å²) in [5.74, 6) is 2.46. The van der Waals surface area contributed by atoms with Crippen LogP contribution in [0.4, 0.5) is 11.4 Å². The van der Waals surface area contributed by atoms with Crippen LogP contribution in [0, 0.1) is 5.41 Å². The van der Waals surface area contributed by atoms with Gasteiger partial charge in [0.2, 0.25) is 5.91 Å². The molecule has 1 aromatic carbocycles. The second-order valence-electron chi connectivity index (χ2n) is 6.20. The molecule has 1 fully saturated rings. The molecule has 1 atom stereocenters. The van der Waals surface area contributed by atoms with Crippen LogP contribution in [-0.4, -0.2) is 23.5 Å². The average molecular weight is 292 g/mol. The molecule has 1 heterocycles. The number of benzene rings is 1. The normalized spacial score (nSPS) is 21.2. The molecule has 0 aliphatic carbocycles. The van der Waals surface area contributed by atoms with Gasteiger partial charge in [0.15, 0.2) is 0 Å². The Hall–Kier alpha value is -1.16. The molecule has 0 aromatic heterocycles. The predicted molar refractivity (Wildman–Crippen MR) is 88.5 cm³/mol. The summed E-state index contributed by atoms with van der Waals surface area (Å²) in [5.41, 5.74) is 2.40. The van der Waals surface area contributed by atoms with Crippen LogP contribution in [0.25, 0.3) is 0 Å². The van der Waals surface area contributed by atoms with Gasteiger partial charge in [-0.2, -0.15) is 11.8 Å². The van der Waals surface area contributed by atoms with E-state index < -0.39 is 0 Å². The minimum atomic E-state index is 0.0520. The van der Waals surface area contributed by atoms with Crippen molar-refractivity contribution in [3.63, 3.8) is 0 Å². The largest absolute Gasteiger partial charge is 0.381 e. The molecule has 4 heteroatoms. The molecule has 20 heavy (non-hydrogen) atoms. The standard InChI is InChI=1S/C16H24N2OS/c1-4-15(19)18-13-7-5-12(6-8-13)17-14-9-16(2,3)11-20-10-14/h5-8,14,17H,4,9-11H2,1-3H3,(H,18,19). The monoisotopic (exact) mass is 292 g/mol. The van der Waals surface area contributed by atoms with Crippen LogP contribution in [0.5, 0.6) is 0 Å². The molecule has 3 nitrogen and oxygen atoms in total. The highest BCUT2D eigenvalue weighted by molar-refractivity contribution is 7.99. The Morgan fingerprint density at radius 1 is 1.30 bits per heavy atom. The topological polar surface area (TPSA) is 41.1 Å². The van der Waals surface area contributed by atoms with Gasteiger partial charge in [-0.1, -0.05) is 20.8 Å². The summed E-state index contributed by atoms with van der Waals surface area (Å²) < 4.78 is 0. The van der Waals surface area contributed by atoms with Crippen molar-refractivity contribution in [1.29, 1.82) is 0 Å². The maximum atomic E-state index is 11.3. The first-order valence-electron chi connectivity index (χ1n) is 7.23. The number of thioether (sulfide) groups is 1. The van der Waals surface area contributed by atoms with Gasteiger partial charge in [0.25, 0.3) is 0 Å². The molecule has 1 amide bonds. The second kappa shape index (κ2) is 6.53. The molecule has 1 aliphatic heterocycles. The van der Waals surface area contributed by atoms with Crippen LogP contribution in [0.3, 0.4) is 0 Å². The Kier molecular flexibility index (Phi) is 4.97. The van der Waals surface area contributed by atoms with Gasteiger partial charge in [-0.25, -0.2) is 0 Å². The van der Waals surface area contributed by atoms with Crippen LogP contribution in [-0.2, 0) is 4.79 Å². The van der Waals surface area contributed by atoms with Crippen LogP contribution in [0.15, 0.2) is 24.3 Å². The first-order valence-corrected chi connectivity index (χ1v) is 8.38. The molecule has 1 unspecified atom stereocenters. The molecule has 1 aromatic rings. The van der Waals surface area contributed by atoms with Crippen molar-refractivity contribution >= 4 is 29.0 Å². The van der Waals surface area contributed by atoms with E-state index >= 15 is 0 Å². The first kappa shape index (κ1) is 15.2. The van der Waals surface area contributed by atoms with Crippen molar-refractivity contribution in [3.8, 4) is 0 Å². The fourth-order valence-electron chi connectivity index (χ4n) is 2.49. The van der Waals surface area contributed by atoms with Crippen LogP contribution in [0.1, 0.15) is 33.6 Å². The molecule has 0 saturated carbocycles. The molecule has 110 valence electrons. The fraction of sp³-hybridized carbons (Fsp3) is 0.562. The number of hydrogen-bond donors (Lipinski definition) is 2. The van der Waals surface area contributed by atoms with E-state index in [1.165, 1.54) is 12.2 Å². The smallest absolute Gasteiger partial charge is 0.224 e. The predicted octanol–water partition coefficient (Wildman–Crippen LogP) is 3.98. The first-order chi connectivity index (χ1) is 9.48. The Morgan fingerprint density at radius 3 is 2.55 bits per heavy atom. The number of carbonyl (C=O) groups excluding carboxylic acids is 1. The Labute approximate surface area is 125 Å². The molecule has 2 N–H and O–H groups in total. The van der Waals surface area contributed by atoms with Crippen molar-refractivity contribution in [2.45, 2.75) is 39.7 Å². The van der Waals surface area contributed by atoms with E-state index in [9.17, 15) is 4.79 Å². The summed E-state index contributed by atoms with van der Waals surface area (Å²) in [6, 6.07) is 8.52. The van der Waals surface area contributed by atoms with E-state index in [4.69, 9.17) is 0 Å². The highest BCUT2D eigenvalue weighted by Crippen LogP contribution is 2.34. The van der Waals surface area contributed by atoms with Gasteiger partial charge < -0.3 is 10.6 Å². The quantitative estimate of drug-likeness (QED) is 0.882. The molecule has 1 saturated heterocycles. The van der Waals surface area contributed by atoms with Gasteiger partial charge in [-0.05, 0) is 41.9 Å². The van der Waals surface area contributed by atoms with E-state index in [1.54, 1.807) is 0 Å². The van der Waals surface area contributed by atoms with Gasteiger partial charge in [0.1, 0.15) is 0 Å². The SMILES string of the molecule is CCC(=O)Nc1ccc(NC2CSCC(C)(C)C2)cc1. The lowest BCUT2D eigenvalue weighted by molar-refractivity contribution is -0.115. The zero-order valence-corrected chi connectivity index (χ0v) is 13.3. The van der Waals surface area contributed by atoms with Crippen molar-refractivity contribution in [1.82, 2.24) is 0 Å². The number of amides is 1. The molecule has 2 rings (SSSR count). The zero-order valence-electron chi connectivity index (χ0n) is 12.5. The molecular weight excluding hydrogens is 268 g/mol. The molecule has 1 aliphatic rings. The third kappa shape index (κ3) is 4.44. The fourth-order valence-corrected chi connectivity index (χ4v) is 3.76. The van der Waals surface area contributed by atoms with Gasteiger partial charge >= 0.3 is 0 Å². The zero-order chi connectivity index (χ0) is 14.6. The number of hydrogen-bond acceptors (Lipinski definition) is 3. The second-order valence-corrected chi connectivity index (χ2v) is 7.23. The maximum absolute atomic E-state index is 11.3. The number of rotatable bonds is 4. The summed E-state index contributed by atoms with van der Waals surface area (Å²) in [6.07, 6.45) is 1.71. The Morgan fingerprint density at radius 2 is 1.95 bits per heavy atom. The third-order valence-electron chi connectivity index (χ3n) is 3.47. The summed E-state index contributed by atoms with van der Waals surface area (Å²) in [7, 11) is 0. The van der Waals surface area contributed by atoms with Crippen molar-refractivity contribution < 1.29 is 4.79 Å². The molecular formula is C16H24N2OS. The maximum Gasteiger partial charge on any atom is 0.224 e. The van der Waals surface area contributed by atoms with Gasteiger partial charge in [-0.3, -0.25) is 4.79 Å². The number of anilines is 2. The van der Waals surface area contributed by atoms with Gasteiger partial charge in [0, 0.05) is 29.6 Å².